The van der Waals surface area contributed by atoms with Crippen LogP contribution in [0.5, 0.6) is 11.5 Å². The predicted molar refractivity (Wildman–Crippen MR) is 132 cm³/mol. The van der Waals surface area contributed by atoms with Crippen LogP contribution in [0.25, 0.3) is 10.2 Å². The molecule has 0 spiro atoms. The third-order valence-corrected chi connectivity index (χ3v) is 8.19. The Morgan fingerprint density at radius 3 is 2.72 bits per heavy atom. The second kappa shape index (κ2) is 9.06. The number of aryl methyl sites for hydroxylation is 1. The van der Waals surface area contributed by atoms with Crippen molar-refractivity contribution in [3.8, 4) is 11.5 Å². The fourth-order valence-corrected chi connectivity index (χ4v) is 5.59. The maximum Gasteiger partial charge on any atom is 0.161 e. The molecule has 0 saturated heterocycles. The van der Waals surface area contributed by atoms with Crippen LogP contribution in [-0.2, 0) is 12.8 Å². The first-order valence-electron chi connectivity index (χ1n) is 11.2. The number of hydrogen-bond acceptors (Lipinski definition) is 7. The summed E-state index contributed by atoms with van der Waals surface area (Å²) in [4.78, 5) is 11.6. The summed E-state index contributed by atoms with van der Waals surface area (Å²) in [5.74, 6) is 2.83. The van der Waals surface area contributed by atoms with Gasteiger partial charge in [0.15, 0.2) is 17.3 Å². The number of hydrogen-bond donors (Lipinski definition) is 1. The van der Waals surface area contributed by atoms with E-state index < -0.39 is 0 Å². The van der Waals surface area contributed by atoms with Gasteiger partial charge in [-0.1, -0.05) is 27.2 Å². The lowest BCUT2D eigenvalue weighted by atomic mass is 9.69. The van der Waals surface area contributed by atoms with Crippen LogP contribution in [0.1, 0.15) is 56.5 Å². The van der Waals surface area contributed by atoms with Gasteiger partial charge in [-0.15, -0.1) is 11.3 Å². The van der Waals surface area contributed by atoms with Gasteiger partial charge in [-0.25, -0.2) is 9.97 Å². The third-order valence-electron chi connectivity index (χ3n) is 6.99. The lowest BCUT2D eigenvalue weighted by Crippen LogP contribution is -2.28. The molecule has 1 atom stereocenters. The van der Waals surface area contributed by atoms with Crippen molar-refractivity contribution >= 4 is 33.1 Å². The summed E-state index contributed by atoms with van der Waals surface area (Å²) >= 11 is 1.80. The van der Waals surface area contributed by atoms with Crippen LogP contribution in [0.15, 0.2) is 29.6 Å². The summed E-state index contributed by atoms with van der Waals surface area (Å²) in [6.07, 6.45) is 6.26. The molecule has 1 aliphatic rings. The van der Waals surface area contributed by atoms with Crippen LogP contribution < -0.4 is 14.9 Å². The van der Waals surface area contributed by atoms with E-state index in [9.17, 15) is 0 Å². The first kappa shape index (κ1) is 22.5. The smallest absolute Gasteiger partial charge is 0.161 e. The van der Waals surface area contributed by atoms with Crippen LogP contribution in [0.4, 0.5) is 5.82 Å². The normalized spacial score (nSPS) is 16.7. The minimum absolute atomic E-state index is 0.331. The summed E-state index contributed by atoms with van der Waals surface area (Å²) < 4.78 is 10.8. The van der Waals surface area contributed by atoms with Crippen LogP contribution in [0, 0.1) is 11.3 Å². The van der Waals surface area contributed by atoms with E-state index >= 15 is 0 Å². The molecule has 3 aromatic rings. The molecular weight excluding hydrogens is 420 g/mol. The van der Waals surface area contributed by atoms with E-state index in [0.29, 0.717) is 22.8 Å². The molecule has 6 nitrogen and oxygen atoms in total. The predicted octanol–water partition coefficient (Wildman–Crippen LogP) is 6.09. The SMILES string of the molecule is CCC(C)(C)C1CCc2sc3ncnc(N/N=C(\C)c4ccc(OC)c(OC)c4)c3c2C1. The Balaban J connectivity index is 1.65. The molecule has 0 saturated carbocycles. The van der Waals surface area contributed by atoms with Gasteiger partial charge in [0, 0.05) is 10.4 Å². The van der Waals surface area contributed by atoms with Gasteiger partial charge in [0.2, 0.25) is 0 Å². The van der Waals surface area contributed by atoms with Crippen molar-refractivity contribution in [3.05, 3.63) is 40.5 Å². The average Bonchev–Trinajstić information content (AvgIpc) is 3.20. The van der Waals surface area contributed by atoms with Crippen LogP contribution in [-0.4, -0.2) is 29.9 Å². The Kier molecular flexibility index (Phi) is 6.38. The van der Waals surface area contributed by atoms with Crippen molar-refractivity contribution in [1.82, 2.24) is 9.97 Å². The van der Waals surface area contributed by atoms with E-state index in [-0.39, 0.29) is 0 Å². The maximum atomic E-state index is 5.43. The first-order chi connectivity index (χ1) is 15.4. The minimum Gasteiger partial charge on any atom is -0.493 e. The van der Waals surface area contributed by atoms with Crippen molar-refractivity contribution in [2.75, 3.05) is 19.6 Å². The summed E-state index contributed by atoms with van der Waals surface area (Å²) in [7, 11) is 3.27. The quantitative estimate of drug-likeness (QED) is 0.347. The number of ether oxygens (including phenoxy) is 2. The number of nitrogens with zero attached hydrogens (tertiary/aromatic N) is 3. The topological polar surface area (TPSA) is 68.6 Å². The number of rotatable bonds is 7. The molecule has 0 amide bonds. The van der Waals surface area contributed by atoms with Crippen LogP contribution in [0.3, 0.4) is 0 Å². The molecule has 32 heavy (non-hydrogen) atoms. The summed E-state index contributed by atoms with van der Waals surface area (Å²) in [5.41, 5.74) is 6.76. The average molecular weight is 453 g/mol. The summed E-state index contributed by atoms with van der Waals surface area (Å²) in [5, 5.41) is 5.78. The molecule has 0 fully saturated rings. The Bertz CT molecular complexity index is 1150. The van der Waals surface area contributed by atoms with Crippen LogP contribution in [0.2, 0.25) is 0 Å². The van der Waals surface area contributed by atoms with Gasteiger partial charge in [0.1, 0.15) is 11.2 Å². The lowest BCUT2D eigenvalue weighted by molar-refractivity contribution is 0.184. The number of nitrogens with one attached hydrogen (secondary N) is 1. The Hall–Kier alpha value is -2.67. The molecule has 2 aromatic heterocycles. The van der Waals surface area contributed by atoms with Gasteiger partial charge in [0.05, 0.1) is 25.3 Å². The number of anilines is 1. The number of hydrazone groups is 1. The molecule has 0 aliphatic heterocycles. The second-order valence-corrected chi connectivity index (χ2v) is 10.2. The van der Waals surface area contributed by atoms with E-state index in [2.05, 4.69) is 41.3 Å². The van der Waals surface area contributed by atoms with E-state index in [0.717, 1.165) is 40.2 Å². The zero-order chi connectivity index (χ0) is 22.9. The van der Waals surface area contributed by atoms with E-state index in [4.69, 9.17) is 9.47 Å². The monoisotopic (exact) mass is 452 g/mol. The Morgan fingerprint density at radius 2 is 2.00 bits per heavy atom. The maximum absolute atomic E-state index is 5.43. The number of aromatic nitrogens is 2. The second-order valence-electron chi connectivity index (χ2n) is 9.07. The molecule has 1 aliphatic carbocycles. The molecule has 4 rings (SSSR count). The largest absolute Gasteiger partial charge is 0.493 e. The number of fused-ring (bicyclic) bond motifs is 3. The fourth-order valence-electron chi connectivity index (χ4n) is 4.41. The molecule has 170 valence electrons. The van der Waals surface area contributed by atoms with Gasteiger partial charge in [-0.3, -0.25) is 5.43 Å². The highest BCUT2D eigenvalue weighted by atomic mass is 32.1. The van der Waals surface area contributed by atoms with Crippen molar-refractivity contribution in [2.24, 2.45) is 16.4 Å². The van der Waals surface area contributed by atoms with Crippen molar-refractivity contribution in [2.45, 2.75) is 53.4 Å². The molecular formula is C25H32N4O2S. The molecule has 0 bridgehead atoms. The zero-order valence-corrected chi connectivity index (χ0v) is 20.6. The highest BCUT2D eigenvalue weighted by molar-refractivity contribution is 7.19. The van der Waals surface area contributed by atoms with Gasteiger partial charge in [-0.2, -0.15) is 5.10 Å². The Labute approximate surface area is 194 Å². The van der Waals surface area contributed by atoms with Crippen molar-refractivity contribution in [3.63, 3.8) is 0 Å². The van der Waals surface area contributed by atoms with E-state index in [1.807, 2.05) is 25.1 Å². The Morgan fingerprint density at radius 1 is 1.22 bits per heavy atom. The number of methoxy groups -OCH3 is 2. The lowest BCUT2D eigenvalue weighted by Gasteiger charge is -2.36. The molecule has 1 aromatic carbocycles. The van der Waals surface area contributed by atoms with Gasteiger partial charge < -0.3 is 9.47 Å². The molecule has 0 radical (unpaired) electrons. The first-order valence-corrected chi connectivity index (χ1v) is 12.0. The third kappa shape index (κ3) is 4.18. The summed E-state index contributed by atoms with van der Waals surface area (Å²) in [6.45, 7) is 9.05. The van der Waals surface area contributed by atoms with E-state index in [1.165, 1.54) is 23.3 Å². The van der Waals surface area contributed by atoms with Gasteiger partial charge in [-0.05, 0) is 61.3 Å². The van der Waals surface area contributed by atoms with Crippen molar-refractivity contribution < 1.29 is 9.47 Å². The van der Waals surface area contributed by atoms with Gasteiger partial charge in [0.25, 0.3) is 0 Å². The standard InChI is InChI=1S/C25H32N4O2S/c1-7-25(3,4)17-9-11-21-18(13-17)22-23(26-14-27-24(22)32-21)29-28-15(2)16-8-10-19(30-5)20(12-16)31-6/h8,10,12,14,17H,7,9,11,13H2,1-6H3,(H,26,27,29)/b28-15+. The highest BCUT2D eigenvalue weighted by Gasteiger charge is 2.33. The minimum atomic E-state index is 0.331. The number of benzene rings is 1. The molecule has 7 heteroatoms. The summed E-state index contributed by atoms with van der Waals surface area (Å²) in [6, 6.07) is 5.79. The number of thiophene rings is 1. The zero-order valence-electron chi connectivity index (χ0n) is 19.8. The van der Waals surface area contributed by atoms with Gasteiger partial charge >= 0.3 is 0 Å². The highest BCUT2D eigenvalue weighted by Crippen LogP contribution is 2.45. The molecule has 2 heterocycles. The molecule has 1 unspecified atom stereocenters. The van der Waals surface area contributed by atoms with Crippen LogP contribution >= 0.6 is 11.3 Å². The van der Waals surface area contributed by atoms with Crippen molar-refractivity contribution in [1.29, 1.82) is 0 Å². The fraction of sp³-hybridized carbons (Fsp3) is 0.480. The van der Waals surface area contributed by atoms with E-state index in [1.54, 1.807) is 31.9 Å². The molecule has 1 N–H and O–H groups in total.